The van der Waals surface area contributed by atoms with Gasteiger partial charge in [-0.15, -0.1) is 0 Å². The number of nitrogens with zero attached hydrogens (tertiary/aromatic N) is 3. The van der Waals surface area contributed by atoms with Crippen LogP contribution in [0, 0.1) is 11.7 Å². The first kappa shape index (κ1) is 16.4. The highest BCUT2D eigenvalue weighted by atomic mass is 19.1. The Morgan fingerprint density at radius 3 is 2.92 bits per heavy atom. The van der Waals surface area contributed by atoms with Gasteiger partial charge in [0.1, 0.15) is 11.6 Å². The van der Waals surface area contributed by atoms with Crippen LogP contribution in [0.15, 0.2) is 30.3 Å². The molecular formula is C18H20FN3O2. The highest BCUT2D eigenvalue weighted by Gasteiger charge is 2.26. The van der Waals surface area contributed by atoms with Crippen LogP contribution in [0.2, 0.25) is 0 Å². The number of carbonyl (C=O) groups is 1. The molecule has 5 nitrogen and oxygen atoms in total. The Balaban J connectivity index is 1.96. The Bertz CT molecular complexity index is 751. The van der Waals surface area contributed by atoms with Crippen molar-refractivity contribution in [1.82, 2.24) is 9.97 Å². The van der Waals surface area contributed by atoms with Gasteiger partial charge in [-0.25, -0.2) is 14.4 Å². The summed E-state index contributed by atoms with van der Waals surface area (Å²) < 4.78 is 13.5. The van der Waals surface area contributed by atoms with Crippen molar-refractivity contribution in [2.75, 3.05) is 18.0 Å². The molecule has 0 radical (unpaired) electrons. The van der Waals surface area contributed by atoms with Crippen molar-refractivity contribution in [3.63, 3.8) is 0 Å². The predicted octanol–water partition coefficient (Wildman–Crippen LogP) is 3.15. The zero-order valence-electron chi connectivity index (χ0n) is 13.6. The van der Waals surface area contributed by atoms with Gasteiger partial charge in [0.05, 0.1) is 5.92 Å². The van der Waals surface area contributed by atoms with E-state index >= 15 is 0 Å². The number of anilines is 1. The van der Waals surface area contributed by atoms with Crippen molar-refractivity contribution in [2.24, 2.45) is 5.92 Å². The summed E-state index contributed by atoms with van der Waals surface area (Å²) in [5.74, 6) is -0.289. The minimum absolute atomic E-state index is 0.330. The molecule has 1 atom stereocenters. The Morgan fingerprint density at radius 2 is 2.21 bits per heavy atom. The van der Waals surface area contributed by atoms with Gasteiger partial charge in [-0.2, -0.15) is 0 Å². The fraction of sp³-hybridized carbons (Fsp3) is 0.389. The highest BCUT2D eigenvalue weighted by molar-refractivity contribution is 5.71. The average molecular weight is 329 g/mol. The van der Waals surface area contributed by atoms with Crippen molar-refractivity contribution in [3.05, 3.63) is 41.8 Å². The van der Waals surface area contributed by atoms with Gasteiger partial charge in [-0.3, -0.25) is 4.79 Å². The van der Waals surface area contributed by atoms with E-state index in [1.165, 1.54) is 12.1 Å². The number of halogens is 1. The molecule has 0 amide bonds. The molecule has 1 aliphatic heterocycles. The van der Waals surface area contributed by atoms with Crippen LogP contribution in [0.3, 0.4) is 0 Å². The van der Waals surface area contributed by atoms with Crippen molar-refractivity contribution >= 4 is 11.8 Å². The summed E-state index contributed by atoms with van der Waals surface area (Å²) in [6, 6.07) is 8.10. The number of aryl methyl sites for hydroxylation is 1. The Kier molecular flexibility index (Phi) is 4.74. The molecule has 1 aromatic carbocycles. The number of hydrogen-bond donors (Lipinski definition) is 1. The van der Waals surface area contributed by atoms with Crippen LogP contribution in [-0.2, 0) is 11.2 Å². The zero-order valence-corrected chi connectivity index (χ0v) is 13.6. The van der Waals surface area contributed by atoms with Gasteiger partial charge in [0.15, 0.2) is 5.82 Å². The van der Waals surface area contributed by atoms with E-state index < -0.39 is 5.97 Å². The third-order valence-electron chi connectivity index (χ3n) is 4.31. The molecule has 6 heteroatoms. The van der Waals surface area contributed by atoms with Crippen LogP contribution in [0.4, 0.5) is 10.2 Å². The predicted molar refractivity (Wildman–Crippen MR) is 89.4 cm³/mol. The second-order valence-corrected chi connectivity index (χ2v) is 6.03. The van der Waals surface area contributed by atoms with E-state index in [9.17, 15) is 14.3 Å². The number of aromatic nitrogens is 2. The van der Waals surface area contributed by atoms with E-state index in [2.05, 4.69) is 9.97 Å². The molecule has 0 spiro atoms. The smallest absolute Gasteiger partial charge is 0.308 e. The SMILES string of the molecule is CCc1cc(N2CCCC(C(=O)O)C2)nc(-c2cccc(F)c2)n1. The molecule has 2 heterocycles. The van der Waals surface area contributed by atoms with E-state index in [4.69, 9.17) is 0 Å². The molecule has 1 unspecified atom stereocenters. The van der Waals surface area contributed by atoms with Crippen LogP contribution in [0.25, 0.3) is 11.4 Å². The van der Waals surface area contributed by atoms with Gasteiger partial charge in [0.2, 0.25) is 0 Å². The molecule has 1 aliphatic rings. The maximum absolute atomic E-state index is 13.5. The first-order valence-corrected chi connectivity index (χ1v) is 8.18. The molecule has 2 aromatic rings. The molecule has 1 saturated heterocycles. The summed E-state index contributed by atoms with van der Waals surface area (Å²) in [4.78, 5) is 22.3. The summed E-state index contributed by atoms with van der Waals surface area (Å²) in [6.07, 6.45) is 2.24. The normalized spacial score (nSPS) is 17.8. The number of benzene rings is 1. The van der Waals surface area contributed by atoms with E-state index in [0.29, 0.717) is 30.2 Å². The van der Waals surface area contributed by atoms with E-state index in [1.54, 1.807) is 12.1 Å². The van der Waals surface area contributed by atoms with Gasteiger partial charge in [0, 0.05) is 30.4 Å². The van der Waals surface area contributed by atoms with E-state index in [-0.39, 0.29) is 11.7 Å². The van der Waals surface area contributed by atoms with Crippen molar-refractivity contribution < 1.29 is 14.3 Å². The van der Waals surface area contributed by atoms with E-state index in [1.807, 2.05) is 17.9 Å². The van der Waals surface area contributed by atoms with Gasteiger partial charge in [-0.1, -0.05) is 19.1 Å². The molecule has 0 bridgehead atoms. The van der Waals surface area contributed by atoms with Crippen molar-refractivity contribution in [2.45, 2.75) is 26.2 Å². The molecule has 1 fully saturated rings. The van der Waals surface area contributed by atoms with Crippen molar-refractivity contribution in [3.8, 4) is 11.4 Å². The fourth-order valence-electron chi connectivity index (χ4n) is 2.97. The zero-order chi connectivity index (χ0) is 17.1. The summed E-state index contributed by atoms with van der Waals surface area (Å²) in [5.41, 5.74) is 1.48. The Morgan fingerprint density at radius 1 is 1.38 bits per heavy atom. The molecule has 0 saturated carbocycles. The molecule has 24 heavy (non-hydrogen) atoms. The van der Waals surface area contributed by atoms with Gasteiger partial charge in [-0.05, 0) is 31.4 Å². The van der Waals surface area contributed by atoms with Gasteiger partial charge in [0.25, 0.3) is 0 Å². The van der Waals surface area contributed by atoms with E-state index in [0.717, 1.165) is 25.1 Å². The Hall–Kier alpha value is -2.50. The minimum atomic E-state index is -0.769. The summed E-state index contributed by atoms with van der Waals surface area (Å²) in [5, 5.41) is 9.27. The van der Waals surface area contributed by atoms with Crippen LogP contribution in [0.1, 0.15) is 25.5 Å². The molecule has 126 valence electrons. The first-order valence-electron chi connectivity index (χ1n) is 8.18. The number of carboxylic acids is 1. The number of carboxylic acid groups (broad SMARTS) is 1. The Labute approximate surface area is 140 Å². The average Bonchev–Trinajstić information content (AvgIpc) is 2.61. The second-order valence-electron chi connectivity index (χ2n) is 6.03. The number of piperidine rings is 1. The summed E-state index contributed by atoms with van der Waals surface area (Å²) in [6.45, 7) is 3.21. The third kappa shape index (κ3) is 3.53. The minimum Gasteiger partial charge on any atom is -0.481 e. The number of rotatable bonds is 4. The molecular weight excluding hydrogens is 309 g/mol. The van der Waals surface area contributed by atoms with Crippen LogP contribution >= 0.6 is 0 Å². The number of hydrogen-bond acceptors (Lipinski definition) is 4. The first-order chi connectivity index (χ1) is 11.6. The topological polar surface area (TPSA) is 66.3 Å². The monoisotopic (exact) mass is 329 g/mol. The van der Waals surface area contributed by atoms with Crippen LogP contribution in [-0.4, -0.2) is 34.1 Å². The largest absolute Gasteiger partial charge is 0.481 e. The lowest BCUT2D eigenvalue weighted by Crippen LogP contribution is -2.39. The standard InChI is InChI=1S/C18H20FN3O2/c1-2-15-10-16(22-8-4-6-13(11-22)18(23)24)21-17(20-15)12-5-3-7-14(19)9-12/h3,5,7,9-10,13H,2,4,6,8,11H2,1H3,(H,23,24). The third-order valence-corrected chi connectivity index (χ3v) is 4.31. The van der Waals surface area contributed by atoms with Crippen LogP contribution in [0.5, 0.6) is 0 Å². The quantitative estimate of drug-likeness (QED) is 0.933. The maximum Gasteiger partial charge on any atom is 0.308 e. The van der Waals surface area contributed by atoms with Crippen molar-refractivity contribution in [1.29, 1.82) is 0 Å². The summed E-state index contributed by atoms with van der Waals surface area (Å²) in [7, 11) is 0. The van der Waals surface area contributed by atoms with Gasteiger partial charge < -0.3 is 10.0 Å². The van der Waals surface area contributed by atoms with Crippen LogP contribution < -0.4 is 4.90 Å². The summed E-state index contributed by atoms with van der Waals surface area (Å²) >= 11 is 0. The lowest BCUT2D eigenvalue weighted by molar-refractivity contribution is -0.141. The second kappa shape index (κ2) is 6.95. The molecule has 3 rings (SSSR count). The lowest BCUT2D eigenvalue weighted by Gasteiger charge is -2.32. The molecule has 1 N–H and O–H groups in total. The highest BCUT2D eigenvalue weighted by Crippen LogP contribution is 2.25. The fourth-order valence-corrected chi connectivity index (χ4v) is 2.97. The lowest BCUT2D eigenvalue weighted by atomic mass is 9.98. The maximum atomic E-state index is 13.5. The molecule has 0 aliphatic carbocycles. The van der Waals surface area contributed by atoms with Gasteiger partial charge >= 0.3 is 5.97 Å². The number of aliphatic carboxylic acids is 1. The molecule has 1 aromatic heterocycles.